The van der Waals surface area contributed by atoms with Gasteiger partial charge in [0.25, 0.3) is 0 Å². The molecule has 7 heavy (non-hydrogen) atoms. The molecular weight excluding hydrogens is 75.9 g/mol. The quantitative estimate of drug-likeness (QED) is 0.368. The van der Waals surface area contributed by atoms with Crippen molar-refractivity contribution in [1.29, 1.82) is 0 Å². The number of nitrogens with one attached hydrogen (secondary N) is 1. The Morgan fingerprint density at radius 3 is 1.71 bits per heavy atom. The van der Waals surface area contributed by atoms with Crippen molar-refractivity contribution >= 4 is 43.9 Å². The van der Waals surface area contributed by atoms with E-state index in [9.17, 15) is 0 Å². The van der Waals surface area contributed by atoms with E-state index < -0.39 is 0 Å². The maximum absolute atomic E-state index is 3.00. The summed E-state index contributed by atoms with van der Waals surface area (Å²) in [7, 11) is 0. The molecule has 1 N–H and O–H groups in total. The van der Waals surface area contributed by atoms with Crippen LogP contribution in [-0.4, -0.2) is 40.4 Å². The summed E-state index contributed by atoms with van der Waals surface area (Å²) in [6, 6.07) is 0. The molecule has 26 valence electrons. The van der Waals surface area contributed by atoms with Gasteiger partial charge >= 0.3 is 61.3 Å². The first-order chi connectivity index (χ1) is 3.30. The molecule has 1 aromatic rings. The van der Waals surface area contributed by atoms with E-state index in [2.05, 4.69) is 40.4 Å². The number of aromatic nitrogens is 1. The van der Waals surface area contributed by atoms with Crippen LogP contribution in [0.2, 0.25) is 0 Å². The van der Waals surface area contributed by atoms with Gasteiger partial charge in [0.15, 0.2) is 0 Å². The van der Waals surface area contributed by atoms with Crippen molar-refractivity contribution < 1.29 is 0 Å². The molecule has 0 aliphatic carbocycles. The predicted octanol–water partition coefficient (Wildman–Crippen LogP) is -1.40. The van der Waals surface area contributed by atoms with Crippen molar-refractivity contribution in [1.82, 2.24) is 4.98 Å². The minimum absolute atomic E-state index is 1.33. The zero-order chi connectivity index (χ0) is 5.28. The second-order valence-corrected chi connectivity index (χ2v) is 1.82. The summed E-state index contributed by atoms with van der Waals surface area (Å²) < 4.78 is 2.67. The van der Waals surface area contributed by atoms with Gasteiger partial charge in [0.1, 0.15) is 0 Å². The van der Waals surface area contributed by atoms with E-state index in [4.69, 9.17) is 0 Å². The third-order valence-electron chi connectivity index (χ3n) is 1.22. The summed E-state index contributed by atoms with van der Waals surface area (Å²) in [5.74, 6) is 0. The van der Waals surface area contributed by atoms with Crippen LogP contribution < -0.4 is 8.47 Å². The summed E-state index contributed by atoms with van der Waals surface area (Å²) in [6.45, 7) is 0. The second-order valence-electron chi connectivity index (χ2n) is 1.82. The minimum atomic E-state index is 1.33. The molecule has 3 heteroatoms. The van der Waals surface area contributed by atoms with Crippen molar-refractivity contribution in [3.05, 3.63) is 12.4 Å². The Labute approximate surface area is 61.3 Å². The van der Waals surface area contributed by atoms with E-state index in [1.165, 1.54) is 8.47 Å². The topological polar surface area (TPSA) is 15.8 Å². The van der Waals surface area contributed by atoms with E-state index in [1.54, 1.807) is 0 Å². The third kappa shape index (κ3) is 1.18. The van der Waals surface area contributed by atoms with Gasteiger partial charge in [0.05, 0.1) is 0 Å². The van der Waals surface area contributed by atoms with Crippen LogP contribution in [0.1, 0.15) is 0 Å². The Balaban J connectivity index is 3.12. The van der Waals surface area contributed by atoms with Crippen molar-refractivity contribution in [2.24, 2.45) is 0 Å². The molecule has 1 heterocycles. The van der Waals surface area contributed by atoms with Crippen LogP contribution in [0.15, 0.2) is 12.4 Å². The molecular formula is C4H3Li2N. The zero-order valence-electron chi connectivity index (χ0n) is 4.65. The van der Waals surface area contributed by atoms with Crippen LogP contribution in [0.25, 0.3) is 0 Å². The summed E-state index contributed by atoms with van der Waals surface area (Å²) in [5.41, 5.74) is 0. The summed E-state index contributed by atoms with van der Waals surface area (Å²) >= 11 is 4.18. The fraction of sp³-hybridized carbons (Fsp3) is 0. The fourth-order valence-electron chi connectivity index (χ4n) is 0.519. The molecule has 0 aliphatic rings. The van der Waals surface area contributed by atoms with Crippen LogP contribution >= 0.6 is 0 Å². The Hall–Kier alpha value is 0.475. The van der Waals surface area contributed by atoms with Crippen LogP contribution in [0.3, 0.4) is 0 Å². The first kappa shape index (κ1) is 5.61. The fourth-order valence-corrected chi connectivity index (χ4v) is 0.519. The van der Waals surface area contributed by atoms with E-state index in [1.807, 2.05) is 12.4 Å². The summed E-state index contributed by atoms with van der Waals surface area (Å²) in [6.07, 6.45) is 3.99. The summed E-state index contributed by atoms with van der Waals surface area (Å²) in [5, 5.41) is 0. The Bertz CT molecular complexity index is 142. The SMILES string of the molecule is [Li][c]1c[nH]c[c]1[Li]. The molecule has 0 aromatic carbocycles. The molecule has 0 radical (unpaired) electrons. The van der Waals surface area contributed by atoms with E-state index >= 15 is 0 Å². The molecule has 0 aliphatic heterocycles. The van der Waals surface area contributed by atoms with Gasteiger partial charge in [0, 0.05) is 0 Å². The normalized spacial score (nSPS) is 9.71. The van der Waals surface area contributed by atoms with Crippen LogP contribution in [0.4, 0.5) is 0 Å². The molecule has 0 saturated carbocycles. The zero-order valence-corrected chi connectivity index (χ0v) is 4.65. The number of rotatable bonds is 0. The van der Waals surface area contributed by atoms with Gasteiger partial charge in [0.2, 0.25) is 0 Å². The summed E-state index contributed by atoms with van der Waals surface area (Å²) in [4.78, 5) is 3.00. The monoisotopic (exact) mass is 79.1 g/mol. The van der Waals surface area contributed by atoms with Gasteiger partial charge in [-0.15, -0.1) is 0 Å². The van der Waals surface area contributed by atoms with Gasteiger partial charge in [-0.05, 0) is 0 Å². The number of hydrogen-bond acceptors (Lipinski definition) is 0. The first-order valence-electron chi connectivity index (χ1n) is 2.40. The van der Waals surface area contributed by atoms with Gasteiger partial charge in [-0.3, -0.25) is 0 Å². The molecule has 0 fully saturated rings. The number of hydrogen-bond donors (Lipinski definition) is 1. The molecule has 0 amide bonds. The van der Waals surface area contributed by atoms with E-state index in [0.717, 1.165) is 0 Å². The van der Waals surface area contributed by atoms with E-state index in [0.29, 0.717) is 0 Å². The molecule has 0 atom stereocenters. The van der Waals surface area contributed by atoms with Crippen molar-refractivity contribution in [2.45, 2.75) is 0 Å². The van der Waals surface area contributed by atoms with Crippen LogP contribution in [0.5, 0.6) is 0 Å². The Morgan fingerprint density at radius 2 is 1.57 bits per heavy atom. The van der Waals surface area contributed by atoms with Crippen molar-refractivity contribution in [3.8, 4) is 0 Å². The first-order valence-corrected chi connectivity index (χ1v) is 2.40. The third-order valence-corrected chi connectivity index (χ3v) is 1.22. The van der Waals surface area contributed by atoms with Gasteiger partial charge in [-0.2, -0.15) is 0 Å². The molecule has 0 saturated heterocycles. The predicted molar refractivity (Wildman–Crippen MR) is 31.6 cm³/mol. The second kappa shape index (κ2) is 2.16. The standard InChI is InChI=1S/C4H3N.2Li/c1-2-4-5-3-1;;/h3-5H;;. The number of H-pyrrole nitrogens is 1. The van der Waals surface area contributed by atoms with Gasteiger partial charge in [-0.1, -0.05) is 0 Å². The molecule has 0 unspecified atom stereocenters. The van der Waals surface area contributed by atoms with Crippen molar-refractivity contribution in [2.75, 3.05) is 0 Å². The Morgan fingerprint density at radius 1 is 1.14 bits per heavy atom. The maximum atomic E-state index is 3.00. The molecule has 1 rings (SSSR count). The molecule has 0 spiro atoms. The van der Waals surface area contributed by atoms with Gasteiger partial charge < -0.3 is 0 Å². The van der Waals surface area contributed by atoms with Crippen LogP contribution in [-0.2, 0) is 0 Å². The average molecular weight is 79.0 g/mol. The van der Waals surface area contributed by atoms with Crippen LogP contribution in [0, 0.1) is 0 Å². The Kier molecular flexibility index (Phi) is 1.73. The van der Waals surface area contributed by atoms with Gasteiger partial charge in [-0.25, -0.2) is 0 Å². The average Bonchev–Trinajstić information content (AvgIpc) is 1.91. The number of aromatic amines is 1. The van der Waals surface area contributed by atoms with E-state index in [-0.39, 0.29) is 0 Å². The van der Waals surface area contributed by atoms with Crippen molar-refractivity contribution in [3.63, 3.8) is 0 Å². The molecule has 1 nitrogen and oxygen atoms in total. The molecule has 0 bridgehead atoms. The molecule has 1 aromatic heterocycles.